The quantitative estimate of drug-likeness (QED) is 0.476. The lowest BCUT2D eigenvalue weighted by Gasteiger charge is -2.33. The van der Waals surface area contributed by atoms with E-state index in [1.165, 1.54) is 0 Å². The summed E-state index contributed by atoms with van der Waals surface area (Å²) in [6, 6.07) is 0. The minimum Gasteiger partial charge on any atom is -0.344 e. The summed E-state index contributed by atoms with van der Waals surface area (Å²) >= 11 is 0. The molecule has 1 fully saturated rings. The molecule has 1 aliphatic rings. The van der Waals surface area contributed by atoms with Crippen LogP contribution in [0.15, 0.2) is 0 Å². The van der Waals surface area contributed by atoms with Crippen molar-refractivity contribution in [2.75, 3.05) is 13.6 Å². The minimum absolute atomic E-state index is 0.0561. The molecule has 0 saturated carbocycles. The van der Waals surface area contributed by atoms with E-state index in [0.29, 0.717) is 6.54 Å². The third-order valence-corrected chi connectivity index (χ3v) is 2.12. The lowest BCUT2D eigenvalue weighted by atomic mass is 9.83. The number of hydrogen-bond acceptors (Lipinski definition) is 2. The third kappa shape index (κ3) is 1.42. The molecule has 0 aromatic rings. The Labute approximate surface area is 66.4 Å². The molecule has 1 heterocycles. The number of carbonyl (C=O) groups excluding carboxylic acids is 2. The lowest BCUT2D eigenvalue weighted by molar-refractivity contribution is -0.145. The number of hydrogen-bond donors (Lipinski definition) is 0. The molecule has 1 amide bonds. The Morgan fingerprint density at radius 1 is 1.36 bits per heavy atom. The van der Waals surface area contributed by atoms with Crippen LogP contribution in [-0.4, -0.2) is 30.2 Å². The summed E-state index contributed by atoms with van der Waals surface area (Å²) in [7, 11) is 1.73. The molecular formula is C8H13NO2. The smallest absolute Gasteiger partial charge is 0.229 e. The molecule has 1 aliphatic heterocycles. The van der Waals surface area contributed by atoms with Crippen molar-refractivity contribution in [1.82, 2.24) is 4.90 Å². The molecular weight excluding hydrogens is 142 g/mol. The Bertz CT molecular complexity index is 208. The molecule has 0 aromatic heterocycles. The first-order chi connectivity index (χ1) is 4.93. The van der Waals surface area contributed by atoms with Crippen molar-refractivity contribution < 1.29 is 9.59 Å². The highest BCUT2D eigenvalue weighted by Crippen LogP contribution is 2.24. The van der Waals surface area contributed by atoms with Crippen molar-refractivity contribution in [3.8, 4) is 0 Å². The first-order valence-corrected chi connectivity index (χ1v) is 3.71. The second-order valence-electron chi connectivity index (χ2n) is 3.73. The molecule has 3 nitrogen and oxygen atoms in total. The zero-order valence-corrected chi connectivity index (χ0v) is 7.18. The molecule has 3 heteroatoms. The first kappa shape index (κ1) is 8.24. The maximum Gasteiger partial charge on any atom is 0.229 e. The Balaban J connectivity index is 2.79. The lowest BCUT2D eigenvalue weighted by Crippen LogP contribution is -2.47. The minimum atomic E-state index is -0.345. The Morgan fingerprint density at radius 2 is 1.91 bits per heavy atom. The average Bonchev–Trinajstić information content (AvgIpc) is 1.83. The second-order valence-corrected chi connectivity index (χ2v) is 3.73. The van der Waals surface area contributed by atoms with E-state index in [-0.39, 0.29) is 23.5 Å². The molecule has 0 radical (unpaired) electrons. The van der Waals surface area contributed by atoms with Crippen LogP contribution in [-0.2, 0) is 9.59 Å². The van der Waals surface area contributed by atoms with Gasteiger partial charge in [0, 0.05) is 19.0 Å². The molecule has 62 valence electrons. The van der Waals surface area contributed by atoms with Crippen molar-refractivity contribution >= 4 is 11.7 Å². The monoisotopic (exact) mass is 155 g/mol. The Kier molecular flexibility index (Phi) is 1.74. The highest BCUT2D eigenvalue weighted by molar-refractivity contribution is 6.02. The predicted octanol–water partition coefficient (Wildman–Crippen LogP) is 0.444. The van der Waals surface area contributed by atoms with Gasteiger partial charge in [0.1, 0.15) is 5.78 Å². The van der Waals surface area contributed by atoms with Crippen LogP contribution >= 0.6 is 0 Å². The maximum atomic E-state index is 11.2. The third-order valence-electron chi connectivity index (χ3n) is 2.12. The van der Waals surface area contributed by atoms with Gasteiger partial charge in [-0.3, -0.25) is 9.59 Å². The van der Waals surface area contributed by atoms with Gasteiger partial charge in [-0.15, -0.1) is 0 Å². The molecule has 11 heavy (non-hydrogen) atoms. The molecule has 0 atom stereocenters. The number of amides is 1. The normalized spacial score (nSPS) is 24.1. The maximum absolute atomic E-state index is 11.2. The van der Waals surface area contributed by atoms with Crippen LogP contribution in [0.4, 0.5) is 0 Å². The number of likely N-dealkylation sites (tertiary alicyclic amines) is 1. The SMILES string of the molecule is CN1CC(C)(C)C(=O)CC1=O. The summed E-state index contributed by atoms with van der Waals surface area (Å²) in [6.45, 7) is 4.29. The van der Waals surface area contributed by atoms with E-state index in [0.717, 1.165) is 0 Å². The molecule has 1 rings (SSSR count). The van der Waals surface area contributed by atoms with E-state index < -0.39 is 0 Å². The zero-order chi connectivity index (χ0) is 8.65. The number of piperidine rings is 1. The number of nitrogens with zero attached hydrogens (tertiary/aromatic N) is 1. The second kappa shape index (κ2) is 2.32. The van der Waals surface area contributed by atoms with E-state index >= 15 is 0 Å². The van der Waals surface area contributed by atoms with Gasteiger partial charge in [0.15, 0.2) is 0 Å². The van der Waals surface area contributed by atoms with Crippen molar-refractivity contribution in [3.63, 3.8) is 0 Å². The van der Waals surface area contributed by atoms with E-state index in [9.17, 15) is 9.59 Å². The van der Waals surface area contributed by atoms with Gasteiger partial charge in [0.2, 0.25) is 5.91 Å². The van der Waals surface area contributed by atoms with Crippen LogP contribution in [0.5, 0.6) is 0 Å². The van der Waals surface area contributed by atoms with Gasteiger partial charge in [-0.25, -0.2) is 0 Å². The van der Waals surface area contributed by atoms with E-state index in [1.54, 1.807) is 11.9 Å². The van der Waals surface area contributed by atoms with E-state index in [2.05, 4.69) is 0 Å². The molecule has 0 N–H and O–H groups in total. The standard InChI is InChI=1S/C8H13NO2/c1-8(2)5-9(3)7(11)4-6(8)10/h4-5H2,1-3H3. The van der Waals surface area contributed by atoms with Crippen LogP contribution in [0.2, 0.25) is 0 Å². The summed E-state index contributed by atoms with van der Waals surface area (Å²) in [5.74, 6) is -0.00470. The van der Waals surface area contributed by atoms with Gasteiger partial charge < -0.3 is 4.90 Å². The average molecular weight is 155 g/mol. The molecule has 0 aromatic carbocycles. The molecule has 0 bridgehead atoms. The van der Waals surface area contributed by atoms with E-state index in [1.807, 2.05) is 13.8 Å². The predicted molar refractivity (Wildman–Crippen MR) is 41.0 cm³/mol. The highest BCUT2D eigenvalue weighted by Gasteiger charge is 2.36. The van der Waals surface area contributed by atoms with Crippen LogP contribution in [0.1, 0.15) is 20.3 Å². The van der Waals surface area contributed by atoms with Crippen molar-refractivity contribution in [1.29, 1.82) is 0 Å². The Hall–Kier alpha value is -0.860. The van der Waals surface area contributed by atoms with Crippen LogP contribution in [0, 0.1) is 5.41 Å². The van der Waals surface area contributed by atoms with Crippen LogP contribution in [0.25, 0.3) is 0 Å². The summed E-state index contributed by atoms with van der Waals surface area (Å²) in [4.78, 5) is 23.8. The molecule has 0 aliphatic carbocycles. The van der Waals surface area contributed by atoms with Crippen LogP contribution < -0.4 is 0 Å². The van der Waals surface area contributed by atoms with Gasteiger partial charge >= 0.3 is 0 Å². The fourth-order valence-corrected chi connectivity index (χ4v) is 1.28. The van der Waals surface area contributed by atoms with Crippen molar-refractivity contribution in [2.45, 2.75) is 20.3 Å². The molecule has 1 saturated heterocycles. The number of carbonyl (C=O) groups is 2. The van der Waals surface area contributed by atoms with Gasteiger partial charge in [0.25, 0.3) is 0 Å². The number of Topliss-reactive ketones (excluding diaryl/α,β-unsaturated/α-hetero) is 1. The van der Waals surface area contributed by atoms with Crippen molar-refractivity contribution in [3.05, 3.63) is 0 Å². The van der Waals surface area contributed by atoms with Gasteiger partial charge in [0.05, 0.1) is 6.42 Å². The number of rotatable bonds is 0. The Morgan fingerprint density at radius 3 is 2.36 bits per heavy atom. The topological polar surface area (TPSA) is 37.4 Å². The first-order valence-electron chi connectivity index (χ1n) is 3.71. The fraction of sp³-hybridized carbons (Fsp3) is 0.750. The van der Waals surface area contributed by atoms with Crippen LogP contribution in [0.3, 0.4) is 0 Å². The van der Waals surface area contributed by atoms with Crippen molar-refractivity contribution in [2.24, 2.45) is 5.41 Å². The number of ketones is 1. The van der Waals surface area contributed by atoms with Gasteiger partial charge in [-0.05, 0) is 0 Å². The fourth-order valence-electron chi connectivity index (χ4n) is 1.28. The largest absolute Gasteiger partial charge is 0.344 e. The summed E-state index contributed by atoms with van der Waals surface area (Å²) in [5, 5.41) is 0. The molecule has 0 spiro atoms. The van der Waals surface area contributed by atoms with Gasteiger partial charge in [-0.1, -0.05) is 13.8 Å². The highest BCUT2D eigenvalue weighted by atomic mass is 16.2. The van der Waals surface area contributed by atoms with Gasteiger partial charge in [-0.2, -0.15) is 0 Å². The summed E-state index contributed by atoms with van der Waals surface area (Å²) in [5.41, 5.74) is -0.345. The van der Waals surface area contributed by atoms with E-state index in [4.69, 9.17) is 0 Å². The summed E-state index contributed by atoms with van der Waals surface area (Å²) in [6.07, 6.45) is 0.0729. The summed E-state index contributed by atoms with van der Waals surface area (Å²) < 4.78 is 0. The molecule has 0 unspecified atom stereocenters. The zero-order valence-electron chi connectivity index (χ0n) is 7.18.